The molecule has 21 heavy (non-hydrogen) atoms. The fourth-order valence-electron chi connectivity index (χ4n) is 1.14. The van der Waals surface area contributed by atoms with Crippen LogP contribution in [0.2, 0.25) is 0 Å². The van der Waals surface area contributed by atoms with Crippen molar-refractivity contribution in [3.63, 3.8) is 0 Å². The maximum absolute atomic E-state index is 13.4. The lowest BCUT2D eigenvalue weighted by Gasteiger charge is -2.10. The normalized spacial score (nSPS) is 12.0. The minimum Gasteiger partial charge on any atom is -0.481 e. The van der Waals surface area contributed by atoms with Crippen molar-refractivity contribution >= 4 is 25.6 Å². The van der Waals surface area contributed by atoms with E-state index in [1.807, 2.05) is 0 Å². The highest BCUT2D eigenvalue weighted by Gasteiger charge is 2.27. The van der Waals surface area contributed by atoms with Crippen molar-refractivity contribution < 1.29 is 35.5 Å². The summed E-state index contributed by atoms with van der Waals surface area (Å²) in [7, 11) is 0.862. The van der Waals surface area contributed by atoms with E-state index in [0.717, 1.165) is 12.1 Å². The molecule has 0 aliphatic heterocycles. The predicted molar refractivity (Wildman–Crippen MR) is 64.0 cm³/mol. The van der Waals surface area contributed by atoms with Crippen LogP contribution in [0.15, 0.2) is 23.1 Å². The van der Waals surface area contributed by atoms with Crippen molar-refractivity contribution in [2.24, 2.45) is 0 Å². The van der Waals surface area contributed by atoms with Gasteiger partial charge in [-0.25, -0.2) is 12.8 Å². The summed E-state index contributed by atoms with van der Waals surface area (Å²) in [6.45, 7) is -2.40. The lowest BCUT2D eigenvalue weighted by Crippen LogP contribution is -2.36. The minimum atomic E-state index is -4.57. The molecular weight excluding hydrogens is 342 g/mol. The van der Waals surface area contributed by atoms with Gasteiger partial charge in [-0.2, -0.15) is 13.2 Å². The molecule has 0 bridgehead atoms. The number of alkyl halides is 3. The highest BCUT2D eigenvalue weighted by molar-refractivity contribution is 8.13. The lowest BCUT2D eigenvalue weighted by molar-refractivity contribution is -0.139. The van der Waals surface area contributed by atoms with Crippen LogP contribution >= 0.6 is 10.7 Å². The first-order chi connectivity index (χ1) is 9.49. The Bertz CT molecular complexity index is 632. The predicted octanol–water partition coefficient (Wildman–Crippen LogP) is 1.81. The zero-order valence-corrected chi connectivity index (χ0v) is 11.6. The number of carbonyl (C=O) groups excluding carboxylic acids is 1. The third kappa shape index (κ3) is 6.17. The van der Waals surface area contributed by atoms with Crippen LogP contribution in [0.4, 0.5) is 17.6 Å². The van der Waals surface area contributed by atoms with Gasteiger partial charge in [-0.15, -0.1) is 0 Å². The molecule has 118 valence electrons. The van der Waals surface area contributed by atoms with Crippen LogP contribution < -0.4 is 10.1 Å². The highest BCUT2D eigenvalue weighted by atomic mass is 35.7. The molecule has 0 saturated carbocycles. The maximum Gasteiger partial charge on any atom is 0.405 e. The quantitative estimate of drug-likeness (QED) is 0.650. The second-order valence-corrected chi connectivity index (χ2v) is 6.28. The number of rotatable bonds is 5. The van der Waals surface area contributed by atoms with Gasteiger partial charge in [-0.3, -0.25) is 4.79 Å². The summed E-state index contributed by atoms with van der Waals surface area (Å²) in [6, 6.07) is 2.38. The standard InChI is InChI=1S/C10H8ClF4NO4S/c11-21(18,19)6-1-2-8(7(12)3-6)20-4-9(17)16-5-10(13,14)15/h1-3H,4-5H2,(H,16,17). The third-order valence-corrected chi connectivity index (χ3v) is 3.38. The molecule has 5 nitrogen and oxygen atoms in total. The van der Waals surface area contributed by atoms with Crippen LogP contribution in [-0.2, 0) is 13.8 Å². The molecule has 0 unspecified atom stereocenters. The average Bonchev–Trinajstić information content (AvgIpc) is 2.32. The molecule has 0 fully saturated rings. The number of benzene rings is 1. The molecule has 1 aromatic rings. The Balaban J connectivity index is 2.63. The van der Waals surface area contributed by atoms with Gasteiger partial charge in [-0.1, -0.05) is 0 Å². The summed E-state index contributed by atoms with van der Waals surface area (Å²) >= 11 is 0. The van der Waals surface area contributed by atoms with Crippen LogP contribution in [0.5, 0.6) is 5.75 Å². The van der Waals surface area contributed by atoms with Gasteiger partial charge in [0.05, 0.1) is 4.90 Å². The van der Waals surface area contributed by atoms with E-state index >= 15 is 0 Å². The van der Waals surface area contributed by atoms with E-state index in [9.17, 15) is 30.8 Å². The summed E-state index contributed by atoms with van der Waals surface area (Å²) in [4.78, 5) is 10.5. The van der Waals surface area contributed by atoms with E-state index in [1.165, 1.54) is 5.32 Å². The van der Waals surface area contributed by atoms with E-state index in [1.54, 1.807) is 0 Å². The Hall–Kier alpha value is -1.55. The van der Waals surface area contributed by atoms with Crippen LogP contribution in [0.3, 0.4) is 0 Å². The van der Waals surface area contributed by atoms with Gasteiger partial charge in [0.25, 0.3) is 15.0 Å². The van der Waals surface area contributed by atoms with Crippen molar-refractivity contribution in [2.45, 2.75) is 11.1 Å². The Labute approximate surface area is 121 Å². The maximum atomic E-state index is 13.4. The van der Waals surface area contributed by atoms with Crippen molar-refractivity contribution in [1.29, 1.82) is 0 Å². The van der Waals surface area contributed by atoms with Gasteiger partial charge in [0.2, 0.25) is 0 Å². The first kappa shape index (κ1) is 17.5. The largest absolute Gasteiger partial charge is 0.481 e. The molecular formula is C10H8ClF4NO4S. The van der Waals surface area contributed by atoms with Gasteiger partial charge >= 0.3 is 6.18 Å². The second-order valence-electron chi connectivity index (χ2n) is 3.71. The molecule has 0 spiro atoms. The van der Waals surface area contributed by atoms with E-state index in [0.29, 0.717) is 6.07 Å². The molecule has 0 aromatic heterocycles. The topological polar surface area (TPSA) is 72.5 Å². The summed E-state index contributed by atoms with van der Waals surface area (Å²) in [5.41, 5.74) is 0. The molecule has 0 radical (unpaired) electrons. The minimum absolute atomic E-state index is 0.499. The van der Waals surface area contributed by atoms with Crippen LogP contribution in [0.25, 0.3) is 0 Å². The monoisotopic (exact) mass is 349 g/mol. The summed E-state index contributed by atoms with van der Waals surface area (Å²) in [5.74, 6) is -2.73. The van der Waals surface area contributed by atoms with Crippen molar-refractivity contribution in [3.05, 3.63) is 24.0 Å². The van der Waals surface area contributed by atoms with E-state index in [2.05, 4.69) is 4.74 Å². The Morgan fingerprint density at radius 1 is 1.33 bits per heavy atom. The molecule has 0 saturated heterocycles. The number of hydrogen-bond acceptors (Lipinski definition) is 4. The summed E-state index contributed by atoms with van der Waals surface area (Å²) < 4.78 is 75.4. The van der Waals surface area contributed by atoms with Crippen molar-refractivity contribution in [1.82, 2.24) is 5.32 Å². The van der Waals surface area contributed by atoms with Gasteiger partial charge in [0, 0.05) is 10.7 Å². The molecule has 11 heteroatoms. The zero-order valence-electron chi connectivity index (χ0n) is 10.1. The average molecular weight is 350 g/mol. The number of halogens is 5. The lowest BCUT2D eigenvalue weighted by atomic mass is 10.3. The number of nitrogens with one attached hydrogen (secondary N) is 1. The van der Waals surface area contributed by atoms with Gasteiger partial charge in [-0.05, 0) is 18.2 Å². The Morgan fingerprint density at radius 3 is 2.43 bits per heavy atom. The zero-order chi connectivity index (χ0) is 16.3. The summed E-state index contributed by atoms with van der Waals surface area (Å²) in [6.07, 6.45) is -4.57. The Kier molecular flexibility index (Phi) is 5.40. The highest BCUT2D eigenvalue weighted by Crippen LogP contribution is 2.23. The molecule has 0 atom stereocenters. The van der Waals surface area contributed by atoms with Crippen LogP contribution in [0, 0.1) is 5.82 Å². The van der Waals surface area contributed by atoms with Crippen LogP contribution in [-0.4, -0.2) is 33.7 Å². The SMILES string of the molecule is O=C(COc1ccc(S(=O)(=O)Cl)cc1F)NCC(F)(F)F. The smallest absolute Gasteiger partial charge is 0.405 e. The number of amides is 1. The third-order valence-electron chi connectivity index (χ3n) is 2.03. The van der Waals surface area contributed by atoms with Crippen molar-refractivity contribution in [2.75, 3.05) is 13.2 Å². The van der Waals surface area contributed by atoms with Gasteiger partial charge < -0.3 is 10.1 Å². The van der Waals surface area contributed by atoms with E-state index in [-0.39, 0.29) is 0 Å². The Morgan fingerprint density at radius 2 is 1.95 bits per heavy atom. The number of ether oxygens (including phenoxy) is 1. The van der Waals surface area contributed by atoms with Gasteiger partial charge in [0.1, 0.15) is 6.54 Å². The molecule has 1 rings (SSSR count). The van der Waals surface area contributed by atoms with Crippen molar-refractivity contribution in [3.8, 4) is 5.75 Å². The summed E-state index contributed by atoms with van der Waals surface area (Å²) in [5, 5.41) is 1.52. The number of carbonyl (C=O) groups is 1. The molecule has 0 heterocycles. The molecule has 1 amide bonds. The molecule has 1 aromatic carbocycles. The second kappa shape index (κ2) is 6.48. The molecule has 0 aliphatic carbocycles. The number of hydrogen-bond donors (Lipinski definition) is 1. The fraction of sp³-hybridized carbons (Fsp3) is 0.300. The fourth-order valence-corrected chi connectivity index (χ4v) is 1.91. The first-order valence-corrected chi connectivity index (χ1v) is 7.50. The van der Waals surface area contributed by atoms with Gasteiger partial charge in [0.15, 0.2) is 18.2 Å². The van der Waals surface area contributed by atoms with E-state index in [4.69, 9.17) is 10.7 Å². The molecule has 1 N–H and O–H groups in total. The van der Waals surface area contributed by atoms with Crippen LogP contribution in [0.1, 0.15) is 0 Å². The first-order valence-electron chi connectivity index (χ1n) is 5.19. The van der Waals surface area contributed by atoms with E-state index < -0.39 is 50.7 Å². The molecule has 0 aliphatic rings.